The number of nitrogens with one attached hydrogen (secondary N) is 1. The smallest absolute Gasteiger partial charge is 0.0701 e. The van der Waals surface area contributed by atoms with Gasteiger partial charge in [0.2, 0.25) is 0 Å². The summed E-state index contributed by atoms with van der Waals surface area (Å²) in [7, 11) is 2.19. The van der Waals surface area contributed by atoms with Gasteiger partial charge in [-0.2, -0.15) is 0 Å². The number of halogens is 1. The quantitative estimate of drug-likeness (QED) is 0.832. The fraction of sp³-hybridized carbons (Fsp3) is 0.556. The monoisotopic (exact) mass is 260 g/mol. The predicted molar refractivity (Wildman–Crippen MR) is 60.3 cm³/mol. The standard InChI is InChI=1S/C9H13BrN2S/c1-12-3-2-11-5-8(12)7-4-9(10)13-6-7/h4,6,8,11H,2-3,5H2,1H3. The van der Waals surface area contributed by atoms with Crippen molar-refractivity contribution >= 4 is 27.3 Å². The molecule has 1 aliphatic rings. The van der Waals surface area contributed by atoms with Gasteiger partial charge in [0.1, 0.15) is 0 Å². The Labute approximate surface area is 91.1 Å². The molecule has 0 aliphatic carbocycles. The van der Waals surface area contributed by atoms with Gasteiger partial charge in [-0.05, 0) is 40.0 Å². The van der Waals surface area contributed by atoms with Gasteiger partial charge in [0, 0.05) is 25.7 Å². The first kappa shape index (κ1) is 9.65. The number of hydrogen-bond acceptors (Lipinski definition) is 3. The normalized spacial score (nSPS) is 24.9. The van der Waals surface area contributed by atoms with E-state index < -0.39 is 0 Å². The fourth-order valence-corrected chi connectivity index (χ4v) is 2.90. The molecule has 0 bridgehead atoms. The van der Waals surface area contributed by atoms with Gasteiger partial charge in [-0.15, -0.1) is 11.3 Å². The van der Waals surface area contributed by atoms with Crippen molar-refractivity contribution in [2.75, 3.05) is 26.7 Å². The van der Waals surface area contributed by atoms with Crippen LogP contribution in [-0.4, -0.2) is 31.6 Å². The maximum Gasteiger partial charge on any atom is 0.0701 e. The third-order valence-electron chi connectivity index (χ3n) is 2.48. The molecular weight excluding hydrogens is 248 g/mol. The van der Waals surface area contributed by atoms with Crippen molar-refractivity contribution in [3.8, 4) is 0 Å². The molecule has 1 N–H and O–H groups in total. The molecule has 0 amide bonds. The third kappa shape index (κ3) is 2.13. The van der Waals surface area contributed by atoms with E-state index in [9.17, 15) is 0 Å². The van der Waals surface area contributed by atoms with Crippen molar-refractivity contribution in [3.63, 3.8) is 0 Å². The van der Waals surface area contributed by atoms with E-state index in [1.165, 1.54) is 9.35 Å². The average Bonchev–Trinajstić information content (AvgIpc) is 2.53. The van der Waals surface area contributed by atoms with Crippen molar-refractivity contribution in [2.24, 2.45) is 0 Å². The first-order valence-corrected chi connectivity index (χ1v) is 6.09. The summed E-state index contributed by atoms with van der Waals surface area (Å²) in [6, 6.07) is 2.77. The zero-order valence-electron chi connectivity index (χ0n) is 7.59. The second kappa shape index (κ2) is 4.09. The van der Waals surface area contributed by atoms with Crippen LogP contribution in [0.15, 0.2) is 15.2 Å². The summed E-state index contributed by atoms with van der Waals surface area (Å²) < 4.78 is 1.22. The molecule has 2 nitrogen and oxygen atoms in total. The van der Waals surface area contributed by atoms with E-state index in [1.807, 2.05) is 0 Å². The molecule has 1 aliphatic heterocycles. The number of nitrogens with zero attached hydrogens (tertiary/aromatic N) is 1. The molecule has 1 aromatic heterocycles. The topological polar surface area (TPSA) is 15.3 Å². The summed E-state index contributed by atoms with van der Waals surface area (Å²) >= 11 is 5.26. The molecule has 2 heterocycles. The van der Waals surface area contributed by atoms with Gasteiger partial charge in [0.25, 0.3) is 0 Å². The summed E-state index contributed by atoms with van der Waals surface area (Å²) in [5.74, 6) is 0. The molecule has 1 atom stereocenters. The van der Waals surface area contributed by atoms with Gasteiger partial charge in [-0.1, -0.05) is 0 Å². The van der Waals surface area contributed by atoms with Crippen LogP contribution in [-0.2, 0) is 0 Å². The molecule has 1 aromatic rings. The lowest BCUT2D eigenvalue weighted by Crippen LogP contribution is -2.43. The van der Waals surface area contributed by atoms with Crippen molar-refractivity contribution in [1.82, 2.24) is 10.2 Å². The molecule has 72 valence electrons. The maximum atomic E-state index is 3.50. The van der Waals surface area contributed by atoms with E-state index in [4.69, 9.17) is 0 Å². The summed E-state index contributed by atoms with van der Waals surface area (Å²) in [6.45, 7) is 3.32. The molecule has 2 rings (SSSR count). The third-order valence-corrected chi connectivity index (χ3v) is 4.01. The Kier molecular flexibility index (Phi) is 3.03. The highest BCUT2D eigenvalue weighted by Crippen LogP contribution is 2.28. The molecule has 0 saturated carbocycles. The van der Waals surface area contributed by atoms with Crippen LogP contribution >= 0.6 is 27.3 Å². The second-order valence-electron chi connectivity index (χ2n) is 3.38. The Balaban J connectivity index is 2.14. The summed E-state index contributed by atoms with van der Waals surface area (Å²) in [5.41, 5.74) is 1.42. The zero-order chi connectivity index (χ0) is 9.26. The summed E-state index contributed by atoms with van der Waals surface area (Å²) in [6.07, 6.45) is 0. The summed E-state index contributed by atoms with van der Waals surface area (Å²) in [5, 5.41) is 5.66. The maximum absolute atomic E-state index is 3.50. The molecule has 4 heteroatoms. The van der Waals surface area contributed by atoms with Crippen LogP contribution in [0.2, 0.25) is 0 Å². The SMILES string of the molecule is CN1CCNCC1c1csc(Br)c1. The van der Waals surface area contributed by atoms with E-state index in [0.717, 1.165) is 19.6 Å². The molecule has 1 fully saturated rings. The van der Waals surface area contributed by atoms with Gasteiger partial charge in [-0.25, -0.2) is 0 Å². The van der Waals surface area contributed by atoms with Gasteiger partial charge >= 0.3 is 0 Å². The lowest BCUT2D eigenvalue weighted by atomic mass is 10.1. The van der Waals surface area contributed by atoms with E-state index in [0.29, 0.717) is 6.04 Å². The van der Waals surface area contributed by atoms with Crippen LogP contribution < -0.4 is 5.32 Å². The highest BCUT2D eigenvalue weighted by atomic mass is 79.9. The Morgan fingerprint density at radius 3 is 3.15 bits per heavy atom. The van der Waals surface area contributed by atoms with Crippen molar-refractivity contribution in [3.05, 3.63) is 20.8 Å². The number of likely N-dealkylation sites (N-methyl/N-ethyl adjacent to an activating group) is 1. The fourth-order valence-electron chi connectivity index (χ4n) is 1.68. The van der Waals surface area contributed by atoms with E-state index in [2.05, 4.69) is 44.6 Å². The Bertz CT molecular complexity index is 287. The Morgan fingerprint density at radius 2 is 2.54 bits per heavy atom. The van der Waals surface area contributed by atoms with E-state index in [-0.39, 0.29) is 0 Å². The second-order valence-corrected chi connectivity index (χ2v) is 5.68. The minimum absolute atomic E-state index is 0.552. The van der Waals surface area contributed by atoms with Crippen LogP contribution in [0.25, 0.3) is 0 Å². The average molecular weight is 261 g/mol. The van der Waals surface area contributed by atoms with Gasteiger partial charge in [0.15, 0.2) is 0 Å². The van der Waals surface area contributed by atoms with Crippen molar-refractivity contribution in [1.29, 1.82) is 0 Å². The minimum atomic E-state index is 0.552. The molecule has 0 spiro atoms. The van der Waals surface area contributed by atoms with Gasteiger partial charge in [-0.3, -0.25) is 4.90 Å². The van der Waals surface area contributed by atoms with E-state index >= 15 is 0 Å². The lowest BCUT2D eigenvalue weighted by molar-refractivity contribution is 0.202. The highest BCUT2D eigenvalue weighted by molar-refractivity contribution is 9.11. The minimum Gasteiger partial charge on any atom is -0.314 e. The zero-order valence-corrected chi connectivity index (χ0v) is 9.99. The molecule has 0 aromatic carbocycles. The highest BCUT2D eigenvalue weighted by Gasteiger charge is 2.20. The number of rotatable bonds is 1. The first-order chi connectivity index (χ1) is 6.27. The molecule has 13 heavy (non-hydrogen) atoms. The molecule has 1 saturated heterocycles. The predicted octanol–water partition coefficient (Wildman–Crippen LogP) is 2.09. The van der Waals surface area contributed by atoms with Crippen molar-refractivity contribution < 1.29 is 0 Å². The number of thiophene rings is 1. The molecule has 1 unspecified atom stereocenters. The van der Waals surface area contributed by atoms with Crippen LogP contribution in [0, 0.1) is 0 Å². The van der Waals surface area contributed by atoms with E-state index in [1.54, 1.807) is 11.3 Å². The van der Waals surface area contributed by atoms with Gasteiger partial charge in [0.05, 0.1) is 3.79 Å². The van der Waals surface area contributed by atoms with Crippen LogP contribution in [0.3, 0.4) is 0 Å². The largest absolute Gasteiger partial charge is 0.314 e. The Morgan fingerprint density at radius 1 is 1.69 bits per heavy atom. The van der Waals surface area contributed by atoms with Crippen LogP contribution in [0.1, 0.15) is 11.6 Å². The number of piperazine rings is 1. The lowest BCUT2D eigenvalue weighted by Gasteiger charge is -2.32. The van der Waals surface area contributed by atoms with Crippen LogP contribution in [0.5, 0.6) is 0 Å². The first-order valence-electron chi connectivity index (χ1n) is 4.42. The molecular formula is C9H13BrN2S. The Hall–Kier alpha value is 0.100. The molecule has 0 radical (unpaired) electrons. The van der Waals surface area contributed by atoms with Crippen molar-refractivity contribution in [2.45, 2.75) is 6.04 Å². The number of hydrogen-bond donors (Lipinski definition) is 1. The van der Waals surface area contributed by atoms with Gasteiger partial charge < -0.3 is 5.32 Å². The summed E-state index contributed by atoms with van der Waals surface area (Å²) in [4.78, 5) is 2.41. The van der Waals surface area contributed by atoms with Crippen LogP contribution in [0.4, 0.5) is 0 Å².